The molecule has 2 aromatic carbocycles. The molecule has 0 spiro atoms. The Hall–Kier alpha value is -3.10. The van der Waals surface area contributed by atoms with Crippen LogP contribution in [0.4, 0.5) is 0 Å². The number of fused-ring (bicyclic) bond motifs is 3. The van der Waals surface area contributed by atoms with E-state index in [2.05, 4.69) is 0 Å². The van der Waals surface area contributed by atoms with E-state index in [1.165, 1.54) is 32.9 Å². The minimum absolute atomic E-state index is 0.0323. The maximum absolute atomic E-state index is 13.3. The van der Waals surface area contributed by atoms with Gasteiger partial charge in [-0.25, -0.2) is 16.8 Å². The van der Waals surface area contributed by atoms with E-state index in [0.29, 0.717) is 48.7 Å². The Bertz CT molecular complexity index is 1440. The fourth-order valence-electron chi connectivity index (χ4n) is 4.67. The molecule has 2 heterocycles. The van der Waals surface area contributed by atoms with Gasteiger partial charge in [0.25, 0.3) is 0 Å². The molecule has 0 N–H and O–H groups in total. The number of rotatable bonds is 4. The molecular formula is C24H22N4O6S2. The van der Waals surface area contributed by atoms with Crippen molar-refractivity contribution in [3.05, 3.63) is 53.1 Å². The fraction of sp³-hybridized carbons (Fsp3) is 0.333. The average Bonchev–Trinajstić information content (AvgIpc) is 3.23. The first-order valence-electron chi connectivity index (χ1n) is 11.3. The largest absolute Gasteiger partial charge is 0.379 e. The highest BCUT2D eigenvalue weighted by molar-refractivity contribution is 7.89. The zero-order chi connectivity index (χ0) is 25.5. The molecule has 36 heavy (non-hydrogen) atoms. The summed E-state index contributed by atoms with van der Waals surface area (Å²) in [7, 11) is -7.66. The second-order valence-electron chi connectivity index (χ2n) is 8.42. The van der Waals surface area contributed by atoms with Gasteiger partial charge in [0.2, 0.25) is 20.0 Å². The van der Waals surface area contributed by atoms with Crippen molar-refractivity contribution in [1.82, 2.24) is 8.61 Å². The summed E-state index contributed by atoms with van der Waals surface area (Å²) in [5, 5.41) is 19.4. The highest BCUT2D eigenvalue weighted by atomic mass is 32.2. The standard InChI is InChI=1S/C24H22N4O6S2/c25-15-17(16-26)24-22-13-18(35(29,30)27-5-9-33-10-6-27)1-3-20(22)21-4-2-19(14-23(21)24)36(31,32)28-7-11-34-12-8-28/h1-4,13-14H,5-12H2. The van der Waals surface area contributed by atoms with Gasteiger partial charge in [0, 0.05) is 31.8 Å². The molecule has 2 saturated heterocycles. The molecule has 2 aromatic rings. The molecule has 0 radical (unpaired) electrons. The summed E-state index contributed by atoms with van der Waals surface area (Å²) in [5.41, 5.74) is 2.05. The van der Waals surface area contributed by atoms with Gasteiger partial charge in [-0.1, -0.05) is 12.1 Å². The zero-order valence-corrected chi connectivity index (χ0v) is 20.8. The Balaban J connectivity index is 1.64. The van der Waals surface area contributed by atoms with Gasteiger partial charge in [-0.15, -0.1) is 0 Å². The molecule has 5 rings (SSSR count). The molecule has 0 saturated carbocycles. The van der Waals surface area contributed by atoms with Crippen molar-refractivity contribution in [1.29, 1.82) is 10.5 Å². The molecule has 3 aliphatic rings. The lowest BCUT2D eigenvalue weighted by molar-refractivity contribution is 0.0730. The van der Waals surface area contributed by atoms with Crippen molar-refractivity contribution in [2.45, 2.75) is 9.79 Å². The van der Waals surface area contributed by atoms with Crippen LogP contribution in [0, 0.1) is 22.7 Å². The second-order valence-corrected chi connectivity index (χ2v) is 12.3. The van der Waals surface area contributed by atoms with Crippen LogP contribution in [0.5, 0.6) is 0 Å². The van der Waals surface area contributed by atoms with Crippen molar-refractivity contribution >= 4 is 25.6 Å². The fourth-order valence-corrected chi connectivity index (χ4v) is 7.54. The molecule has 186 valence electrons. The number of morpholine rings is 2. The number of sulfonamides is 2. The maximum Gasteiger partial charge on any atom is 0.243 e. The van der Waals surface area contributed by atoms with Crippen molar-refractivity contribution in [2.24, 2.45) is 0 Å². The highest BCUT2D eigenvalue weighted by Crippen LogP contribution is 2.47. The van der Waals surface area contributed by atoms with Crippen LogP contribution in [0.1, 0.15) is 11.1 Å². The van der Waals surface area contributed by atoms with Crippen LogP contribution in [0.25, 0.3) is 16.7 Å². The molecule has 12 heteroatoms. The number of nitriles is 2. The van der Waals surface area contributed by atoms with E-state index in [-0.39, 0.29) is 47.1 Å². The summed E-state index contributed by atoms with van der Waals surface area (Å²) in [5.74, 6) is 0. The van der Waals surface area contributed by atoms with Gasteiger partial charge >= 0.3 is 0 Å². The van der Waals surface area contributed by atoms with Crippen LogP contribution in [0.3, 0.4) is 0 Å². The summed E-state index contributed by atoms with van der Waals surface area (Å²) >= 11 is 0. The monoisotopic (exact) mass is 526 g/mol. The van der Waals surface area contributed by atoms with Crippen molar-refractivity contribution in [2.75, 3.05) is 52.6 Å². The molecule has 0 bridgehead atoms. The third-order valence-electron chi connectivity index (χ3n) is 6.50. The third kappa shape index (κ3) is 4.02. The van der Waals surface area contributed by atoms with E-state index >= 15 is 0 Å². The Morgan fingerprint density at radius 2 is 1.06 bits per heavy atom. The van der Waals surface area contributed by atoms with Gasteiger partial charge < -0.3 is 9.47 Å². The zero-order valence-electron chi connectivity index (χ0n) is 19.2. The molecular weight excluding hydrogens is 504 g/mol. The summed E-state index contributed by atoms with van der Waals surface area (Å²) in [4.78, 5) is 0.0645. The van der Waals surface area contributed by atoms with Crippen molar-refractivity contribution in [3.8, 4) is 23.3 Å². The second kappa shape index (κ2) is 9.41. The lowest BCUT2D eigenvalue weighted by atomic mass is 9.99. The molecule has 10 nitrogen and oxygen atoms in total. The predicted octanol–water partition coefficient (Wildman–Crippen LogP) is 1.56. The number of nitrogens with zero attached hydrogens (tertiary/aromatic N) is 4. The smallest absolute Gasteiger partial charge is 0.243 e. The van der Waals surface area contributed by atoms with E-state index in [0.717, 1.165) is 0 Å². The first kappa shape index (κ1) is 24.6. The Kier molecular flexibility index (Phi) is 6.43. The molecule has 1 aliphatic carbocycles. The normalized spacial score (nSPS) is 18.7. The highest BCUT2D eigenvalue weighted by Gasteiger charge is 2.34. The topological polar surface area (TPSA) is 141 Å². The van der Waals surface area contributed by atoms with E-state index < -0.39 is 20.0 Å². The first-order valence-corrected chi connectivity index (χ1v) is 14.2. The molecule has 0 aromatic heterocycles. The van der Waals surface area contributed by atoms with E-state index in [4.69, 9.17) is 9.47 Å². The number of ether oxygens (including phenoxy) is 2. The minimum atomic E-state index is -3.83. The predicted molar refractivity (Wildman–Crippen MR) is 128 cm³/mol. The maximum atomic E-state index is 13.3. The number of hydrogen-bond donors (Lipinski definition) is 0. The van der Waals surface area contributed by atoms with Crippen LogP contribution < -0.4 is 0 Å². The van der Waals surface area contributed by atoms with Crippen LogP contribution in [-0.4, -0.2) is 78.1 Å². The van der Waals surface area contributed by atoms with Crippen molar-refractivity contribution in [3.63, 3.8) is 0 Å². The van der Waals surface area contributed by atoms with E-state index in [9.17, 15) is 27.4 Å². The summed E-state index contributed by atoms with van der Waals surface area (Å²) < 4.78 is 66.3. The lowest BCUT2D eigenvalue weighted by Crippen LogP contribution is -2.40. The van der Waals surface area contributed by atoms with Gasteiger partial charge in [-0.3, -0.25) is 0 Å². The van der Waals surface area contributed by atoms with E-state index in [1.54, 1.807) is 12.1 Å². The number of hydrogen-bond acceptors (Lipinski definition) is 8. The third-order valence-corrected chi connectivity index (χ3v) is 10.3. The van der Waals surface area contributed by atoms with Crippen LogP contribution in [0.15, 0.2) is 51.8 Å². The minimum Gasteiger partial charge on any atom is -0.379 e. The lowest BCUT2D eigenvalue weighted by Gasteiger charge is -2.26. The van der Waals surface area contributed by atoms with Gasteiger partial charge in [0.15, 0.2) is 0 Å². The van der Waals surface area contributed by atoms with Gasteiger partial charge in [-0.05, 0) is 46.5 Å². The van der Waals surface area contributed by atoms with Crippen molar-refractivity contribution < 1.29 is 26.3 Å². The molecule has 0 amide bonds. The Labute approximate surface area is 209 Å². The van der Waals surface area contributed by atoms with Crippen LogP contribution in [-0.2, 0) is 29.5 Å². The van der Waals surface area contributed by atoms with Crippen LogP contribution >= 0.6 is 0 Å². The summed E-state index contributed by atoms with van der Waals surface area (Å²) in [6.45, 7) is 2.11. The summed E-state index contributed by atoms with van der Waals surface area (Å²) in [6.07, 6.45) is 0. The molecule has 2 aliphatic heterocycles. The van der Waals surface area contributed by atoms with E-state index in [1.807, 2.05) is 12.1 Å². The average molecular weight is 527 g/mol. The SMILES string of the molecule is N#CC(C#N)=C1c2cc(S(=O)(=O)N3CCOCC3)ccc2-c2ccc(S(=O)(=O)N3CCOCC3)cc21. The Morgan fingerprint density at radius 3 is 1.42 bits per heavy atom. The molecule has 0 unspecified atom stereocenters. The summed E-state index contributed by atoms with van der Waals surface area (Å²) in [6, 6.07) is 12.9. The number of allylic oxidation sites excluding steroid dienone is 1. The molecule has 2 fully saturated rings. The first-order chi connectivity index (χ1) is 17.3. The quantitative estimate of drug-likeness (QED) is 0.467. The Morgan fingerprint density at radius 1 is 0.667 bits per heavy atom. The molecule has 0 atom stereocenters. The van der Waals surface area contributed by atoms with Gasteiger partial charge in [0.05, 0.1) is 36.2 Å². The number of benzene rings is 2. The van der Waals surface area contributed by atoms with Crippen LogP contribution in [0.2, 0.25) is 0 Å². The van der Waals surface area contributed by atoms with Gasteiger partial charge in [-0.2, -0.15) is 19.1 Å². The van der Waals surface area contributed by atoms with Gasteiger partial charge in [0.1, 0.15) is 17.7 Å².